The molecule has 3 nitrogen and oxygen atoms in total. The lowest BCUT2D eigenvalue weighted by Crippen LogP contribution is -2.55. The first-order chi connectivity index (χ1) is 9.53. The molecule has 0 spiro atoms. The number of halogens is 1. The van der Waals surface area contributed by atoms with Gasteiger partial charge in [-0.1, -0.05) is 19.1 Å². The summed E-state index contributed by atoms with van der Waals surface area (Å²) in [6, 6.07) is 6.05. The molecule has 1 aromatic rings. The Hall–Kier alpha value is -1.42. The zero-order valence-corrected chi connectivity index (χ0v) is 12.0. The highest BCUT2D eigenvalue weighted by Gasteiger charge is 2.34. The van der Waals surface area contributed by atoms with E-state index in [-0.39, 0.29) is 23.7 Å². The van der Waals surface area contributed by atoms with Gasteiger partial charge in [-0.3, -0.25) is 4.79 Å². The molecule has 1 aromatic carbocycles. The zero-order valence-electron chi connectivity index (χ0n) is 12.0. The Labute approximate surface area is 119 Å². The van der Waals surface area contributed by atoms with Gasteiger partial charge < -0.3 is 11.1 Å². The molecule has 1 aliphatic rings. The Kier molecular flexibility index (Phi) is 4.76. The smallest absolute Gasteiger partial charge is 0.224 e. The highest BCUT2D eigenvalue weighted by Crippen LogP contribution is 2.31. The normalized spacial score (nSPS) is 26.2. The molecular weight excluding hydrogens is 255 g/mol. The fourth-order valence-corrected chi connectivity index (χ4v) is 2.82. The second-order valence-electron chi connectivity index (χ2n) is 6.02. The van der Waals surface area contributed by atoms with Crippen LogP contribution >= 0.6 is 0 Å². The highest BCUT2D eigenvalue weighted by molar-refractivity contribution is 5.79. The van der Waals surface area contributed by atoms with Crippen molar-refractivity contribution < 1.29 is 9.18 Å². The van der Waals surface area contributed by atoms with Crippen molar-refractivity contribution in [3.05, 3.63) is 35.6 Å². The number of hydrogen-bond acceptors (Lipinski definition) is 2. The summed E-state index contributed by atoms with van der Waals surface area (Å²) in [6.07, 6.45) is 4.37. The molecule has 0 heterocycles. The van der Waals surface area contributed by atoms with Crippen molar-refractivity contribution in [2.45, 2.75) is 44.6 Å². The summed E-state index contributed by atoms with van der Waals surface area (Å²) in [7, 11) is 0. The summed E-state index contributed by atoms with van der Waals surface area (Å²) >= 11 is 0. The second kappa shape index (κ2) is 6.35. The topological polar surface area (TPSA) is 55.1 Å². The Morgan fingerprint density at radius 3 is 2.50 bits per heavy atom. The summed E-state index contributed by atoms with van der Waals surface area (Å²) in [6.45, 7) is 2.72. The highest BCUT2D eigenvalue weighted by atomic mass is 19.1. The maximum absolute atomic E-state index is 12.8. The van der Waals surface area contributed by atoms with Crippen LogP contribution in [0, 0.1) is 11.7 Å². The maximum atomic E-state index is 12.8. The van der Waals surface area contributed by atoms with Gasteiger partial charge in [0.2, 0.25) is 5.91 Å². The summed E-state index contributed by atoms with van der Waals surface area (Å²) in [5.74, 6) is 0.397. The summed E-state index contributed by atoms with van der Waals surface area (Å²) < 4.78 is 12.8. The lowest BCUT2D eigenvalue weighted by molar-refractivity contribution is -0.122. The van der Waals surface area contributed by atoms with Gasteiger partial charge in [0.05, 0.1) is 12.0 Å². The molecule has 1 amide bonds. The molecule has 0 atom stereocenters. The Morgan fingerprint density at radius 1 is 1.35 bits per heavy atom. The van der Waals surface area contributed by atoms with Crippen LogP contribution < -0.4 is 11.1 Å². The lowest BCUT2D eigenvalue weighted by Gasteiger charge is -2.39. The molecule has 1 fully saturated rings. The average molecular weight is 278 g/mol. The Bertz CT molecular complexity index is 450. The first-order valence-electron chi connectivity index (χ1n) is 7.28. The van der Waals surface area contributed by atoms with E-state index in [1.54, 1.807) is 12.1 Å². The average Bonchev–Trinajstić information content (AvgIpc) is 2.44. The van der Waals surface area contributed by atoms with E-state index in [4.69, 9.17) is 5.73 Å². The third kappa shape index (κ3) is 3.79. The van der Waals surface area contributed by atoms with E-state index in [0.717, 1.165) is 31.2 Å². The molecule has 0 aromatic heterocycles. The van der Waals surface area contributed by atoms with Crippen LogP contribution in [-0.2, 0) is 11.2 Å². The van der Waals surface area contributed by atoms with E-state index in [1.807, 2.05) is 0 Å². The number of benzene rings is 1. The van der Waals surface area contributed by atoms with E-state index in [2.05, 4.69) is 12.2 Å². The molecule has 20 heavy (non-hydrogen) atoms. The molecule has 4 heteroatoms. The van der Waals surface area contributed by atoms with E-state index < -0.39 is 0 Å². The molecule has 110 valence electrons. The number of nitrogens with two attached hydrogens (primary N) is 1. The molecule has 1 aliphatic carbocycles. The number of carbonyl (C=O) groups is 1. The van der Waals surface area contributed by atoms with Crippen LogP contribution in [0.15, 0.2) is 24.3 Å². The van der Waals surface area contributed by atoms with Crippen molar-refractivity contribution in [2.24, 2.45) is 11.7 Å². The van der Waals surface area contributed by atoms with Gasteiger partial charge in [0.15, 0.2) is 0 Å². The largest absolute Gasteiger partial charge is 0.349 e. The molecule has 0 unspecified atom stereocenters. The minimum atomic E-state index is -0.283. The Balaban J connectivity index is 1.94. The fraction of sp³-hybridized carbons (Fsp3) is 0.562. The molecule has 3 N–H and O–H groups in total. The van der Waals surface area contributed by atoms with E-state index in [9.17, 15) is 9.18 Å². The molecular formula is C16H23FN2O. The predicted octanol–water partition coefficient (Wildman–Crippen LogP) is 2.39. The third-order valence-electron chi connectivity index (χ3n) is 4.30. The summed E-state index contributed by atoms with van der Waals surface area (Å²) in [5, 5.41) is 3.11. The van der Waals surface area contributed by atoms with Crippen LogP contribution in [0.1, 0.15) is 38.2 Å². The maximum Gasteiger partial charge on any atom is 0.224 e. The van der Waals surface area contributed by atoms with Crippen LogP contribution in [0.5, 0.6) is 0 Å². The van der Waals surface area contributed by atoms with Gasteiger partial charge >= 0.3 is 0 Å². The number of rotatable bonds is 4. The van der Waals surface area contributed by atoms with Crippen molar-refractivity contribution in [3.63, 3.8) is 0 Å². The quantitative estimate of drug-likeness (QED) is 0.888. The van der Waals surface area contributed by atoms with Gasteiger partial charge in [-0.2, -0.15) is 0 Å². The van der Waals surface area contributed by atoms with E-state index in [0.29, 0.717) is 12.5 Å². The SMILES string of the molecule is CC1CCC(CN)(NC(=O)Cc2ccc(F)cc2)CC1. The van der Waals surface area contributed by atoms with Gasteiger partial charge in [-0.05, 0) is 49.3 Å². The standard InChI is InChI=1S/C16H23FN2O/c1-12-6-8-16(11-18,9-7-12)19-15(20)10-13-2-4-14(17)5-3-13/h2-5,12H,6-11,18H2,1H3,(H,19,20). The van der Waals surface area contributed by atoms with Crippen LogP contribution in [-0.4, -0.2) is 18.0 Å². The summed E-state index contributed by atoms with van der Waals surface area (Å²) in [4.78, 5) is 12.2. The first-order valence-corrected chi connectivity index (χ1v) is 7.28. The van der Waals surface area contributed by atoms with Gasteiger partial charge in [0.1, 0.15) is 5.82 Å². The second-order valence-corrected chi connectivity index (χ2v) is 6.02. The minimum Gasteiger partial charge on any atom is -0.349 e. The van der Waals surface area contributed by atoms with E-state index in [1.165, 1.54) is 12.1 Å². The van der Waals surface area contributed by atoms with E-state index >= 15 is 0 Å². The predicted molar refractivity (Wildman–Crippen MR) is 77.7 cm³/mol. The van der Waals surface area contributed by atoms with Crippen LogP contribution in [0.4, 0.5) is 4.39 Å². The van der Waals surface area contributed by atoms with Crippen molar-refractivity contribution in [3.8, 4) is 0 Å². The molecule has 0 bridgehead atoms. The van der Waals surface area contributed by atoms with Crippen LogP contribution in [0.2, 0.25) is 0 Å². The lowest BCUT2D eigenvalue weighted by atomic mass is 9.77. The molecule has 0 saturated heterocycles. The van der Waals surface area contributed by atoms with Crippen molar-refractivity contribution in [1.29, 1.82) is 0 Å². The van der Waals surface area contributed by atoms with Crippen LogP contribution in [0.3, 0.4) is 0 Å². The molecule has 0 aliphatic heterocycles. The third-order valence-corrected chi connectivity index (χ3v) is 4.30. The minimum absolute atomic E-state index is 0.0309. The zero-order chi connectivity index (χ0) is 14.6. The van der Waals surface area contributed by atoms with Gasteiger partial charge in [0.25, 0.3) is 0 Å². The fourth-order valence-electron chi connectivity index (χ4n) is 2.82. The van der Waals surface area contributed by atoms with Gasteiger partial charge in [-0.25, -0.2) is 4.39 Å². The molecule has 0 radical (unpaired) electrons. The summed E-state index contributed by atoms with van der Waals surface area (Å²) in [5.41, 5.74) is 6.45. The van der Waals surface area contributed by atoms with Crippen molar-refractivity contribution >= 4 is 5.91 Å². The number of carbonyl (C=O) groups excluding carboxylic acids is 1. The monoisotopic (exact) mass is 278 g/mol. The first kappa shape index (κ1) is 15.0. The van der Waals surface area contributed by atoms with Crippen LogP contribution in [0.25, 0.3) is 0 Å². The number of amides is 1. The molecule has 2 rings (SSSR count). The Morgan fingerprint density at radius 2 is 1.95 bits per heavy atom. The van der Waals surface area contributed by atoms with Crippen molar-refractivity contribution in [1.82, 2.24) is 5.32 Å². The van der Waals surface area contributed by atoms with Crippen molar-refractivity contribution in [2.75, 3.05) is 6.54 Å². The van der Waals surface area contributed by atoms with Gasteiger partial charge in [0, 0.05) is 6.54 Å². The number of hydrogen-bond donors (Lipinski definition) is 2. The molecule has 1 saturated carbocycles. The van der Waals surface area contributed by atoms with Gasteiger partial charge in [-0.15, -0.1) is 0 Å². The number of nitrogens with one attached hydrogen (secondary N) is 1.